The molecule has 0 aliphatic carbocycles. The highest BCUT2D eigenvalue weighted by Gasteiger charge is 2.16. The first kappa shape index (κ1) is 21.7. The van der Waals surface area contributed by atoms with Crippen LogP contribution in [0.5, 0.6) is 5.75 Å². The van der Waals surface area contributed by atoms with Gasteiger partial charge in [0.2, 0.25) is 0 Å². The summed E-state index contributed by atoms with van der Waals surface area (Å²) in [7, 11) is 1.60. The van der Waals surface area contributed by atoms with Gasteiger partial charge in [-0.05, 0) is 30.3 Å². The number of fused-ring (bicyclic) bond motifs is 1. The van der Waals surface area contributed by atoms with Gasteiger partial charge in [-0.1, -0.05) is 12.1 Å². The van der Waals surface area contributed by atoms with Gasteiger partial charge in [-0.3, -0.25) is 4.79 Å². The number of aromatic nitrogens is 3. The minimum Gasteiger partial charge on any atom is -0.494 e. The number of pyridine rings is 1. The molecule has 10 heteroatoms. The Morgan fingerprint density at radius 3 is 2.68 bits per heavy atom. The van der Waals surface area contributed by atoms with E-state index in [1.165, 1.54) is 12.3 Å². The molecule has 1 saturated heterocycles. The van der Waals surface area contributed by atoms with Crippen LogP contribution >= 0.6 is 0 Å². The van der Waals surface area contributed by atoms with Crippen LogP contribution in [-0.2, 0) is 0 Å². The average molecular weight is 462 g/mol. The van der Waals surface area contributed by atoms with E-state index < -0.39 is 5.82 Å². The largest absolute Gasteiger partial charge is 0.494 e. The molecular formula is C24H24FN7O2. The molecular weight excluding hydrogens is 437 g/mol. The Kier molecular flexibility index (Phi) is 5.96. The maximum atomic E-state index is 14.2. The van der Waals surface area contributed by atoms with E-state index in [2.05, 4.69) is 36.0 Å². The number of hydrogen-bond acceptors (Lipinski definition) is 8. The van der Waals surface area contributed by atoms with E-state index in [1.807, 2.05) is 18.2 Å². The third-order valence-corrected chi connectivity index (χ3v) is 5.70. The molecule has 5 rings (SSSR count). The first-order valence-corrected chi connectivity index (χ1v) is 10.9. The van der Waals surface area contributed by atoms with Crippen LogP contribution in [0, 0.1) is 5.82 Å². The third kappa shape index (κ3) is 4.35. The van der Waals surface area contributed by atoms with E-state index in [4.69, 9.17) is 4.74 Å². The van der Waals surface area contributed by atoms with Gasteiger partial charge in [0.1, 0.15) is 23.2 Å². The number of rotatable bonds is 6. The van der Waals surface area contributed by atoms with Crippen molar-refractivity contribution in [2.24, 2.45) is 0 Å². The molecule has 4 aromatic rings. The summed E-state index contributed by atoms with van der Waals surface area (Å²) in [6.07, 6.45) is 1.53. The number of piperazine rings is 1. The van der Waals surface area contributed by atoms with Gasteiger partial charge in [0.25, 0.3) is 5.56 Å². The van der Waals surface area contributed by atoms with E-state index in [0.29, 0.717) is 33.8 Å². The molecule has 0 saturated carbocycles. The summed E-state index contributed by atoms with van der Waals surface area (Å²) in [6, 6.07) is 13.8. The summed E-state index contributed by atoms with van der Waals surface area (Å²) < 4.78 is 19.8. The number of ether oxygens (including phenoxy) is 1. The number of para-hydroxylation sites is 1. The molecule has 3 heterocycles. The lowest BCUT2D eigenvalue weighted by Gasteiger charge is -2.30. The van der Waals surface area contributed by atoms with Crippen molar-refractivity contribution in [3.63, 3.8) is 0 Å². The van der Waals surface area contributed by atoms with Crippen molar-refractivity contribution in [2.75, 3.05) is 48.8 Å². The predicted molar refractivity (Wildman–Crippen MR) is 131 cm³/mol. The molecule has 1 aliphatic heterocycles. The zero-order valence-corrected chi connectivity index (χ0v) is 18.6. The SMILES string of the molecule is COc1cc(N2CCNCC2)ccc1Nc1nc(Nc2ccccc2F)cc2cn[nH]c(=O)c12. The Morgan fingerprint density at radius 2 is 1.88 bits per heavy atom. The summed E-state index contributed by atoms with van der Waals surface area (Å²) in [5.74, 6) is 0.870. The van der Waals surface area contributed by atoms with Gasteiger partial charge in [0.15, 0.2) is 0 Å². The molecule has 34 heavy (non-hydrogen) atoms. The molecule has 0 atom stereocenters. The normalized spacial score (nSPS) is 13.6. The number of halogens is 1. The van der Waals surface area contributed by atoms with Gasteiger partial charge in [0.05, 0.1) is 30.1 Å². The van der Waals surface area contributed by atoms with Gasteiger partial charge < -0.3 is 25.6 Å². The average Bonchev–Trinajstić information content (AvgIpc) is 2.86. The number of nitrogens with one attached hydrogen (secondary N) is 4. The lowest BCUT2D eigenvalue weighted by atomic mass is 10.2. The Balaban J connectivity index is 1.53. The number of aromatic amines is 1. The number of benzene rings is 2. The van der Waals surface area contributed by atoms with E-state index >= 15 is 0 Å². The maximum absolute atomic E-state index is 14.2. The number of methoxy groups -OCH3 is 1. The summed E-state index contributed by atoms with van der Waals surface area (Å²) >= 11 is 0. The summed E-state index contributed by atoms with van der Waals surface area (Å²) in [5, 5.41) is 16.8. The molecule has 1 aliphatic rings. The molecule has 4 N–H and O–H groups in total. The summed E-state index contributed by atoms with van der Waals surface area (Å²) in [5.41, 5.74) is 1.59. The lowest BCUT2D eigenvalue weighted by Crippen LogP contribution is -2.43. The van der Waals surface area contributed by atoms with Crippen molar-refractivity contribution in [1.82, 2.24) is 20.5 Å². The van der Waals surface area contributed by atoms with Crippen molar-refractivity contribution < 1.29 is 9.13 Å². The van der Waals surface area contributed by atoms with Gasteiger partial charge in [-0.15, -0.1) is 0 Å². The topological polar surface area (TPSA) is 107 Å². The van der Waals surface area contributed by atoms with Crippen LogP contribution in [-0.4, -0.2) is 48.5 Å². The number of H-pyrrole nitrogens is 1. The van der Waals surface area contributed by atoms with Crippen LogP contribution in [0.15, 0.2) is 59.5 Å². The van der Waals surface area contributed by atoms with Crippen molar-refractivity contribution in [2.45, 2.75) is 0 Å². The minimum absolute atomic E-state index is 0.274. The number of nitrogens with zero attached hydrogens (tertiary/aromatic N) is 3. The predicted octanol–water partition coefficient (Wildman–Crippen LogP) is 3.36. The van der Waals surface area contributed by atoms with Crippen LogP contribution in [0.2, 0.25) is 0 Å². The van der Waals surface area contributed by atoms with Crippen LogP contribution in [0.3, 0.4) is 0 Å². The third-order valence-electron chi connectivity index (χ3n) is 5.70. The van der Waals surface area contributed by atoms with Crippen molar-refractivity contribution in [3.05, 3.63) is 70.9 Å². The molecule has 2 aromatic heterocycles. The molecule has 0 amide bonds. The highest BCUT2D eigenvalue weighted by molar-refractivity contribution is 5.94. The fraction of sp³-hybridized carbons (Fsp3) is 0.208. The van der Waals surface area contributed by atoms with E-state index in [0.717, 1.165) is 31.9 Å². The molecule has 174 valence electrons. The molecule has 0 spiro atoms. The maximum Gasteiger partial charge on any atom is 0.275 e. The van der Waals surface area contributed by atoms with E-state index in [9.17, 15) is 9.18 Å². The Hall–Kier alpha value is -4.18. The second-order valence-corrected chi connectivity index (χ2v) is 7.87. The first-order chi connectivity index (χ1) is 16.6. The van der Waals surface area contributed by atoms with Crippen LogP contribution in [0.1, 0.15) is 0 Å². The zero-order chi connectivity index (χ0) is 23.5. The van der Waals surface area contributed by atoms with Crippen LogP contribution in [0.25, 0.3) is 10.8 Å². The van der Waals surface area contributed by atoms with Crippen LogP contribution in [0.4, 0.5) is 33.1 Å². The van der Waals surface area contributed by atoms with Crippen molar-refractivity contribution in [3.8, 4) is 5.75 Å². The van der Waals surface area contributed by atoms with Crippen molar-refractivity contribution in [1.29, 1.82) is 0 Å². The first-order valence-electron chi connectivity index (χ1n) is 10.9. The van der Waals surface area contributed by atoms with Gasteiger partial charge in [0, 0.05) is 43.3 Å². The van der Waals surface area contributed by atoms with E-state index in [1.54, 1.807) is 31.4 Å². The molecule has 9 nitrogen and oxygen atoms in total. The van der Waals surface area contributed by atoms with Gasteiger partial charge in [-0.2, -0.15) is 5.10 Å². The van der Waals surface area contributed by atoms with Gasteiger partial charge >= 0.3 is 0 Å². The Morgan fingerprint density at radius 1 is 1.06 bits per heavy atom. The Labute approximate surface area is 195 Å². The highest BCUT2D eigenvalue weighted by atomic mass is 19.1. The molecule has 0 unspecified atom stereocenters. The minimum atomic E-state index is -0.409. The number of hydrogen-bond donors (Lipinski definition) is 4. The van der Waals surface area contributed by atoms with E-state index in [-0.39, 0.29) is 11.2 Å². The Bertz CT molecular complexity index is 1390. The zero-order valence-electron chi connectivity index (χ0n) is 18.6. The van der Waals surface area contributed by atoms with Crippen LogP contribution < -0.4 is 31.1 Å². The monoisotopic (exact) mass is 461 g/mol. The number of anilines is 5. The molecule has 0 radical (unpaired) electrons. The quantitative estimate of drug-likeness (QED) is 0.346. The second-order valence-electron chi connectivity index (χ2n) is 7.87. The summed E-state index contributed by atoms with van der Waals surface area (Å²) in [6.45, 7) is 3.68. The summed E-state index contributed by atoms with van der Waals surface area (Å²) in [4.78, 5) is 19.5. The van der Waals surface area contributed by atoms with Gasteiger partial charge in [-0.25, -0.2) is 14.5 Å². The molecule has 1 fully saturated rings. The highest BCUT2D eigenvalue weighted by Crippen LogP contribution is 2.34. The molecule has 2 aromatic carbocycles. The van der Waals surface area contributed by atoms with Crippen molar-refractivity contribution >= 4 is 39.5 Å². The fourth-order valence-electron chi connectivity index (χ4n) is 4.01. The smallest absolute Gasteiger partial charge is 0.275 e. The molecule has 0 bridgehead atoms. The lowest BCUT2D eigenvalue weighted by molar-refractivity contribution is 0.416. The second kappa shape index (κ2) is 9.36. The fourth-order valence-corrected chi connectivity index (χ4v) is 4.01. The standard InChI is InChI=1S/C24H24FN7O2/c1-34-20-13-16(32-10-8-26-9-11-32)6-7-19(20)29-23-22-15(14-27-31-24(22)33)12-21(30-23)28-18-5-3-2-4-17(18)25/h2-7,12-14,26H,8-11H2,1H3,(H,31,33)(H2,28,29,30).